The first-order valence-corrected chi connectivity index (χ1v) is 6.87. The van der Waals surface area contributed by atoms with Crippen molar-refractivity contribution in [1.29, 1.82) is 0 Å². The second kappa shape index (κ2) is 5.04. The fraction of sp³-hybridized carbons (Fsp3) is 0.0667. The van der Waals surface area contributed by atoms with Crippen LogP contribution < -0.4 is 4.90 Å². The summed E-state index contributed by atoms with van der Waals surface area (Å²) in [5, 5.41) is 0. The maximum absolute atomic E-state index is 13.7. The van der Waals surface area contributed by atoms with E-state index in [-0.39, 0.29) is 17.8 Å². The second-order valence-electron chi connectivity index (χ2n) is 4.59. The van der Waals surface area contributed by atoms with Gasteiger partial charge in [0.15, 0.2) is 0 Å². The van der Waals surface area contributed by atoms with Gasteiger partial charge in [-0.05, 0) is 17.7 Å². The summed E-state index contributed by atoms with van der Waals surface area (Å²) >= 11 is 3.34. The molecule has 0 N–H and O–H groups in total. The van der Waals surface area contributed by atoms with Crippen LogP contribution in [-0.4, -0.2) is 11.7 Å². The van der Waals surface area contributed by atoms with Crippen LogP contribution in [0.1, 0.15) is 15.9 Å². The third-order valence-electron chi connectivity index (χ3n) is 3.28. The van der Waals surface area contributed by atoms with E-state index in [1.54, 1.807) is 24.3 Å². The molecule has 0 unspecified atom stereocenters. The molecule has 1 heterocycles. The molecule has 0 bridgehead atoms. The standard InChI is InChI=1S/C15H8BrF2NO2/c16-10-4-2-1-3-8(10)7-19-12-6-9(17)5-11(18)13(12)14(20)15(19)21/h1-6H,7H2. The lowest BCUT2D eigenvalue weighted by molar-refractivity contribution is -0.114. The number of halogens is 3. The molecule has 0 radical (unpaired) electrons. The van der Waals surface area contributed by atoms with Gasteiger partial charge in [-0.25, -0.2) is 8.78 Å². The van der Waals surface area contributed by atoms with Gasteiger partial charge in [-0.1, -0.05) is 34.1 Å². The van der Waals surface area contributed by atoms with Gasteiger partial charge in [0.05, 0.1) is 17.8 Å². The Morgan fingerprint density at radius 3 is 2.52 bits per heavy atom. The van der Waals surface area contributed by atoms with Crippen LogP contribution >= 0.6 is 15.9 Å². The number of carbonyl (C=O) groups excluding carboxylic acids is 2. The van der Waals surface area contributed by atoms with Crippen molar-refractivity contribution in [3.05, 3.63) is 63.6 Å². The molecule has 1 aliphatic heterocycles. The summed E-state index contributed by atoms with van der Waals surface area (Å²) in [6.07, 6.45) is 0. The number of hydrogen-bond acceptors (Lipinski definition) is 2. The van der Waals surface area contributed by atoms with Crippen molar-refractivity contribution in [3.8, 4) is 0 Å². The average molecular weight is 352 g/mol. The first-order valence-electron chi connectivity index (χ1n) is 6.07. The van der Waals surface area contributed by atoms with E-state index < -0.39 is 23.3 Å². The molecule has 2 aromatic rings. The maximum atomic E-state index is 13.7. The summed E-state index contributed by atoms with van der Waals surface area (Å²) < 4.78 is 27.8. The van der Waals surface area contributed by atoms with Crippen molar-refractivity contribution >= 4 is 33.3 Å². The Balaban J connectivity index is 2.08. The Hall–Kier alpha value is -2.08. The van der Waals surface area contributed by atoms with Crippen molar-refractivity contribution in [2.45, 2.75) is 6.54 Å². The molecule has 3 rings (SSSR count). The van der Waals surface area contributed by atoms with Crippen LogP contribution in [0.3, 0.4) is 0 Å². The highest BCUT2D eigenvalue weighted by molar-refractivity contribution is 9.10. The first-order chi connectivity index (χ1) is 9.99. The van der Waals surface area contributed by atoms with Crippen molar-refractivity contribution in [2.75, 3.05) is 4.90 Å². The molecule has 0 aliphatic carbocycles. The van der Waals surface area contributed by atoms with Gasteiger partial charge in [-0.15, -0.1) is 0 Å². The molecular weight excluding hydrogens is 344 g/mol. The van der Waals surface area contributed by atoms with Gasteiger partial charge < -0.3 is 4.90 Å². The van der Waals surface area contributed by atoms with Gasteiger partial charge >= 0.3 is 0 Å². The molecule has 0 spiro atoms. The van der Waals surface area contributed by atoms with E-state index in [4.69, 9.17) is 0 Å². The van der Waals surface area contributed by atoms with Crippen molar-refractivity contribution < 1.29 is 18.4 Å². The third kappa shape index (κ3) is 2.25. The largest absolute Gasteiger partial charge is 0.300 e. The van der Waals surface area contributed by atoms with Crippen molar-refractivity contribution in [3.63, 3.8) is 0 Å². The van der Waals surface area contributed by atoms with E-state index in [2.05, 4.69) is 15.9 Å². The number of benzene rings is 2. The number of nitrogens with zero attached hydrogens (tertiary/aromatic N) is 1. The average Bonchev–Trinajstić information content (AvgIpc) is 2.66. The quantitative estimate of drug-likeness (QED) is 0.777. The normalized spacial score (nSPS) is 13.8. The number of carbonyl (C=O) groups is 2. The zero-order valence-corrected chi connectivity index (χ0v) is 12.2. The zero-order chi connectivity index (χ0) is 15.1. The maximum Gasteiger partial charge on any atom is 0.299 e. The SMILES string of the molecule is O=C1C(=O)N(Cc2ccccc2Br)c2cc(F)cc(F)c21. The summed E-state index contributed by atoms with van der Waals surface area (Å²) in [5.41, 5.74) is 0.336. The van der Waals surface area contributed by atoms with Crippen LogP contribution in [0.15, 0.2) is 40.9 Å². The van der Waals surface area contributed by atoms with Gasteiger partial charge in [-0.2, -0.15) is 0 Å². The van der Waals surface area contributed by atoms with Gasteiger partial charge in [-0.3, -0.25) is 9.59 Å². The molecule has 6 heteroatoms. The molecule has 0 aromatic heterocycles. The molecule has 0 saturated carbocycles. The van der Waals surface area contributed by atoms with Gasteiger partial charge in [0.1, 0.15) is 11.6 Å². The van der Waals surface area contributed by atoms with Crippen LogP contribution in [0, 0.1) is 11.6 Å². The molecule has 21 heavy (non-hydrogen) atoms. The summed E-state index contributed by atoms with van der Waals surface area (Å²) in [4.78, 5) is 24.9. The lowest BCUT2D eigenvalue weighted by Crippen LogP contribution is -2.29. The molecule has 0 fully saturated rings. The van der Waals surface area contributed by atoms with Gasteiger partial charge in [0, 0.05) is 10.5 Å². The molecule has 1 amide bonds. The molecule has 0 saturated heterocycles. The van der Waals surface area contributed by atoms with E-state index >= 15 is 0 Å². The number of Topliss-reactive ketones (excluding diaryl/α,β-unsaturated/α-hetero) is 1. The Kier molecular flexibility index (Phi) is 3.33. The minimum Gasteiger partial charge on any atom is -0.300 e. The van der Waals surface area contributed by atoms with Crippen LogP contribution in [0.5, 0.6) is 0 Å². The van der Waals surface area contributed by atoms with E-state index in [0.717, 1.165) is 21.0 Å². The lowest BCUT2D eigenvalue weighted by Gasteiger charge is -2.17. The Morgan fingerprint density at radius 2 is 1.81 bits per heavy atom. The third-order valence-corrected chi connectivity index (χ3v) is 4.05. The smallest absolute Gasteiger partial charge is 0.299 e. The predicted molar refractivity (Wildman–Crippen MR) is 76.0 cm³/mol. The Labute approximate surface area is 127 Å². The molecular formula is C15H8BrF2NO2. The minimum absolute atomic E-state index is 0.0294. The number of fused-ring (bicyclic) bond motifs is 1. The second-order valence-corrected chi connectivity index (χ2v) is 5.45. The van der Waals surface area contributed by atoms with Crippen LogP contribution in [-0.2, 0) is 11.3 Å². The summed E-state index contributed by atoms with van der Waals surface area (Å²) in [6.45, 7) is 0.0574. The van der Waals surface area contributed by atoms with Crippen molar-refractivity contribution in [1.82, 2.24) is 0 Å². The fourth-order valence-corrected chi connectivity index (χ4v) is 2.70. The predicted octanol–water partition coefficient (Wildman–Crippen LogP) is 3.46. The van der Waals surface area contributed by atoms with Gasteiger partial charge in [0.25, 0.3) is 11.7 Å². The fourth-order valence-electron chi connectivity index (χ4n) is 2.29. The van der Waals surface area contributed by atoms with E-state index in [9.17, 15) is 18.4 Å². The highest BCUT2D eigenvalue weighted by Crippen LogP contribution is 2.34. The highest BCUT2D eigenvalue weighted by atomic mass is 79.9. The van der Waals surface area contributed by atoms with Crippen molar-refractivity contribution in [2.24, 2.45) is 0 Å². The molecule has 106 valence electrons. The zero-order valence-electron chi connectivity index (χ0n) is 10.6. The molecule has 0 atom stereocenters. The van der Waals surface area contributed by atoms with E-state index in [1.807, 2.05) is 0 Å². The molecule has 1 aliphatic rings. The number of amides is 1. The summed E-state index contributed by atoms with van der Waals surface area (Å²) in [7, 11) is 0. The van der Waals surface area contributed by atoms with Crippen LogP contribution in [0.25, 0.3) is 0 Å². The monoisotopic (exact) mass is 351 g/mol. The number of ketones is 1. The number of anilines is 1. The summed E-state index contributed by atoms with van der Waals surface area (Å²) in [6, 6.07) is 8.72. The minimum atomic E-state index is -1.02. The van der Waals surface area contributed by atoms with E-state index in [1.165, 1.54) is 0 Å². The first kappa shape index (κ1) is 13.9. The molecule has 3 nitrogen and oxygen atoms in total. The lowest BCUT2D eigenvalue weighted by atomic mass is 10.1. The van der Waals surface area contributed by atoms with Gasteiger partial charge in [0.2, 0.25) is 0 Å². The number of rotatable bonds is 2. The van der Waals surface area contributed by atoms with E-state index in [0.29, 0.717) is 6.07 Å². The highest BCUT2D eigenvalue weighted by Gasteiger charge is 2.38. The summed E-state index contributed by atoms with van der Waals surface area (Å²) in [5.74, 6) is -3.65. The Morgan fingerprint density at radius 1 is 1.10 bits per heavy atom. The molecule has 2 aromatic carbocycles. The van der Waals surface area contributed by atoms with Crippen LogP contribution in [0.4, 0.5) is 14.5 Å². The van der Waals surface area contributed by atoms with Crippen LogP contribution in [0.2, 0.25) is 0 Å². The topological polar surface area (TPSA) is 37.4 Å². The Bertz CT molecular complexity index is 776. The number of hydrogen-bond donors (Lipinski definition) is 0.